The van der Waals surface area contributed by atoms with Crippen molar-refractivity contribution in [2.45, 2.75) is 39.0 Å². The van der Waals surface area contributed by atoms with E-state index in [-0.39, 0.29) is 0 Å². The first kappa shape index (κ1) is 12.4. The smallest absolute Gasteiger partial charge is 0.0702 e. The topological polar surface area (TPSA) is 0 Å². The summed E-state index contributed by atoms with van der Waals surface area (Å²) in [7, 11) is 0. The molecule has 0 fully saturated rings. The Kier molecular flexibility index (Phi) is 6.70. The number of unbranched alkanes of at least 4 members (excludes halogenated alkanes) is 1. The van der Waals surface area contributed by atoms with Gasteiger partial charge >= 0.3 is 0 Å². The van der Waals surface area contributed by atoms with Gasteiger partial charge in [0.25, 0.3) is 0 Å². The molecule has 0 amide bonds. The maximum absolute atomic E-state index is 3.16. The SMILES string of the molecule is CCC#CCC#CCCCc1ccccc1. The van der Waals surface area contributed by atoms with Crippen molar-refractivity contribution in [1.29, 1.82) is 0 Å². The molecule has 0 nitrogen and oxygen atoms in total. The molecule has 0 saturated carbocycles. The van der Waals surface area contributed by atoms with Crippen molar-refractivity contribution in [2.24, 2.45) is 0 Å². The Hall–Kier alpha value is -1.66. The van der Waals surface area contributed by atoms with Gasteiger partial charge in [0.1, 0.15) is 0 Å². The zero-order chi connectivity index (χ0) is 11.5. The van der Waals surface area contributed by atoms with Gasteiger partial charge in [0.15, 0.2) is 0 Å². The molecule has 1 rings (SSSR count). The first-order valence-electron chi connectivity index (χ1n) is 5.89. The van der Waals surface area contributed by atoms with Crippen LogP contribution in [0.5, 0.6) is 0 Å². The first-order chi connectivity index (χ1) is 7.93. The van der Waals surface area contributed by atoms with Crippen molar-refractivity contribution in [3.63, 3.8) is 0 Å². The van der Waals surface area contributed by atoms with Gasteiger partial charge in [-0.2, -0.15) is 0 Å². The van der Waals surface area contributed by atoms with Crippen LogP contribution in [0.1, 0.15) is 38.2 Å². The highest BCUT2D eigenvalue weighted by atomic mass is 13.9. The molecule has 0 aliphatic carbocycles. The summed E-state index contributed by atoms with van der Waals surface area (Å²) in [6.07, 6.45) is 4.88. The molecule has 0 radical (unpaired) electrons. The molecular weight excluding hydrogens is 192 g/mol. The monoisotopic (exact) mass is 210 g/mol. The van der Waals surface area contributed by atoms with E-state index < -0.39 is 0 Å². The molecular formula is C16H18. The van der Waals surface area contributed by atoms with Gasteiger partial charge in [-0.1, -0.05) is 49.1 Å². The second-order valence-corrected chi connectivity index (χ2v) is 3.58. The molecule has 82 valence electrons. The predicted octanol–water partition coefficient (Wildman–Crippen LogP) is 3.82. The Morgan fingerprint density at radius 1 is 0.938 bits per heavy atom. The number of benzene rings is 1. The summed E-state index contributed by atoms with van der Waals surface area (Å²) in [5.74, 6) is 12.3. The van der Waals surface area contributed by atoms with Crippen LogP contribution in [0, 0.1) is 23.7 Å². The third-order valence-corrected chi connectivity index (χ3v) is 2.21. The van der Waals surface area contributed by atoms with E-state index in [1.54, 1.807) is 0 Å². The average molecular weight is 210 g/mol. The number of aryl methyl sites for hydroxylation is 1. The van der Waals surface area contributed by atoms with E-state index in [4.69, 9.17) is 0 Å². The van der Waals surface area contributed by atoms with Crippen LogP contribution in [0.3, 0.4) is 0 Å². The van der Waals surface area contributed by atoms with Crippen LogP contribution in [0.15, 0.2) is 30.3 Å². The molecule has 0 bridgehead atoms. The Labute approximate surface area is 99.1 Å². The minimum atomic E-state index is 0.721. The molecule has 1 aromatic rings. The lowest BCUT2D eigenvalue weighted by molar-refractivity contribution is 0.857. The van der Waals surface area contributed by atoms with Gasteiger partial charge in [-0.25, -0.2) is 0 Å². The van der Waals surface area contributed by atoms with Crippen LogP contribution in [-0.2, 0) is 6.42 Å². The van der Waals surface area contributed by atoms with Gasteiger partial charge in [0.2, 0.25) is 0 Å². The average Bonchev–Trinajstić information content (AvgIpc) is 2.34. The van der Waals surface area contributed by atoms with Gasteiger partial charge in [-0.05, 0) is 18.4 Å². The second-order valence-electron chi connectivity index (χ2n) is 3.58. The van der Waals surface area contributed by atoms with Crippen molar-refractivity contribution < 1.29 is 0 Å². The van der Waals surface area contributed by atoms with E-state index in [1.165, 1.54) is 5.56 Å². The molecule has 0 saturated heterocycles. The van der Waals surface area contributed by atoms with E-state index in [0.717, 1.165) is 32.1 Å². The van der Waals surface area contributed by atoms with Crippen molar-refractivity contribution >= 4 is 0 Å². The molecule has 0 aromatic heterocycles. The summed E-state index contributed by atoms with van der Waals surface area (Å²) in [6.45, 7) is 2.06. The van der Waals surface area contributed by atoms with E-state index in [1.807, 2.05) is 0 Å². The quantitative estimate of drug-likeness (QED) is 0.525. The summed E-state index contributed by atoms with van der Waals surface area (Å²) in [5, 5.41) is 0. The van der Waals surface area contributed by atoms with E-state index in [2.05, 4.69) is 60.9 Å². The molecule has 0 spiro atoms. The van der Waals surface area contributed by atoms with Crippen LogP contribution in [-0.4, -0.2) is 0 Å². The van der Waals surface area contributed by atoms with Gasteiger partial charge in [-0.15, -0.1) is 11.8 Å². The van der Waals surface area contributed by atoms with Crippen molar-refractivity contribution in [2.75, 3.05) is 0 Å². The zero-order valence-corrected chi connectivity index (χ0v) is 9.92. The highest BCUT2D eigenvalue weighted by Gasteiger charge is 1.89. The fourth-order valence-electron chi connectivity index (χ4n) is 1.41. The molecule has 0 aliphatic rings. The lowest BCUT2D eigenvalue weighted by Gasteiger charge is -1.96. The summed E-state index contributed by atoms with van der Waals surface area (Å²) >= 11 is 0. The molecule has 0 heteroatoms. The molecule has 0 heterocycles. The zero-order valence-electron chi connectivity index (χ0n) is 9.92. The maximum Gasteiger partial charge on any atom is 0.0702 e. The lowest BCUT2D eigenvalue weighted by atomic mass is 10.1. The van der Waals surface area contributed by atoms with Crippen molar-refractivity contribution in [1.82, 2.24) is 0 Å². The Bertz CT molecular complexity index is 392. The summed E-state index contributed by atoms with van der Waals surface area (Å²) < 4.78 is 0. The maximum atomic E-state index is 3.16. The first-order valence-corrected chi connectivity index (χ1v) is 5.89. The fourth-order valence-corrected chi connectivity index (χ4v) is 1.41. The van der Waals surface area contributed by atoms with Crippen LogP contribution in [0.4, 0.5) is 0 Å². The number of hydrogen-bond acceptors (Lipinski definition) is 0. The standard InChI is InChI=1S/C16H18/c1-2-3-4-5-6-7-8-10-13-16-14-11-9-12-15-16/h9,11-12,14-15H,2,5,8,10,13H2,1H3. The summed E-state index contributed by atoms with van der Waals surface area (Å²) in [6, 6.07) is 10.6. The predicted molar refractivity (Wildman–Crippen MR) is 69.8 cm³/mol. The third kappa shape index (κ3) is 5.94. The summed E-state index contributed by atoms with van der Waals surface area (Å²) in [4.78, 5) is 0. The van der Waals surface area contributed by atoms with Gasteiger partial charge < -0.3 is 0 Å². The molecule has 0 aliphatic heterocycles. The van der Waals surface area contributed by atoms with E-state index >= 15 is 0 Å². The van der Waals surface area contributed by atoms with E-state index in [9.17, 15) is 0 Å². The minimum Gasteiger partial charge on any atom is -0.103 e. The Balaban J connectivity index is 2.12. The van der Waals surface area contributed by atoms with Crippen LogP contribution >= 0.6 is 0 Å². The molecule has 16 heavy (non-hydrogen) atoms. The van der Waals surface area contributed by atoms with E-state index in [0.29, 0.717) is 0 Å². The highest BCUT2D eigenvalue weighted by molar-refractivity contribution is 5.15. The van der Waals surface area contributed by atoms with Crippen molar-refractivity contribution in [3.05, 3.63) is 35.9 Å². The summed E-state index contributed by atoms with van der Waals surface area (Å²) in [5.41, 5.74) is 1.40. The molecule has 1 aromatic carbocycles. The fraction of sp³-hybridized carbons (Fsp3) is 0.375. The third-order valence-electron chi connectivity index (χ3n) is 2.21. The largest absolute Gasteiger partial charge is 0.103 e. The van der Waals surface area contributed by atoms with Crippen molar-refractivity contribution in [3.8, 4) is 23.7 Å². The lowest BCUT2D eigenvalue weighted by Crippen LogP contribution is -1.82. The Morgan fingerprint density at radius 3 is 2.44 bits per heavy atom. The minimum absolute atomic E-state index is 0.721. The van der Waals surface area contributed by atoms with Gasteiger partial charge in [-0.3, -0.25) is 0 Å². The van der Waals surface area contributed by atoms with Gasteiger partial charge in [0, 0.05) is 12.8 Å². The Morgan fingerprint density at radius 2 is 1.69 bits per heavy atom. The normalized spacial score (nSPS) is 8.56. The second kappa shape index (κ2) is 8.63. The van der Waals surface area contributed by atoms with Crippen LogP contribution in [0.2, 0.25) is 0 Å². The number of rotatable bonds is 3. The molecule has 0 atom stereocenters. The molecule has 0 N–H and O–H groups in total. The molecule has 0 unspecified atom stereocenters. The van der Waals surface area contributed by atoms with Crippen LogP contribution in [0.25, 0.3) is 0 Å². The van der Waals surface area contributed by atoms with Gasteiger partial charge in [0.05, 0.1) is 6.42 Å². The number of hydrogen-bond donors (Lipinski definition) is 0. The highest BCUT2D eigenvalue weighted by Crippen LogP contribution is 2.03. The van der Waals surface area contributed by atoms with Crippen LogP contribution < -0.4 is 0 Å².